The molecule has 72 valence electrons. The van der Waals surface area contributed by atoms with Crippen LogP contribution >= 0.6 is 0 Å². The minimum absolute atomic E-state index is 0.663. The molecular formula is C11H16O2. The second-order valence-corrected chi connectivity index (χ2v) is 2.23. The van der Waals surface area contributed by atoms with Crippen molar-refractivity contribution in [3.63, 3.8) is 0 Å². The Hall–Kier alpha value is -1.44. The van der Waals surface area contributed by atoms with Crippen molar-refractivity contribution in [2.24, 2.45) is 0 Å². The smallest absolute Gasteiger partial charge is 0.160 e. The molecule has 0 heterocycles. The molecular weight excluding hydrogens is 164 g/mol. The molecule has 0 rings (SSSR count). The summed E-state index contributed by atoms with van der Waals surface area (Å²) in [5.41, 5.74) is 0. The average molecular weight is 180 g/mol. The third kappa shape index (κ3) is 4.21. The molecule has 0 aromatic carbocycles. The lowest BCUT2D eigenvalue weighted by Crippen LogP contribution is -1.94. The van der Waals surface area contributed by atoms with Gasteiger partial charge in [-0.25, -0.2) is 0 Å². The highest BCUT2D eigenvalue weighted by Gasteiger charge is 2.01. The van der Waals surface area contributed by atoms with Crippen molar-refractivity contribution >= 4 is 0 Å². The topological polar surface area (TPSA) is 18.5 Å². The Bertz CT molecular complexity index is 234. The number of hydrogen-bond donors (Lipinski definition) is 0. The average Bonchev–Trinajstić information content (AvgIpc) is 2.17. The maximum absolute atomic E-state index is 5.13. The van der Waals surface area contributed by atoms with E-state index in [1.54, 1.807) is 26.4 Å². The molecule has 0 fully saturated rings. The van der Waals surface area contributed by atoms with E-state index < -0.39 is 0 Å². The molecule has 0 saturated carbocycles. The van der Waals surface area contributed by atoms with E-state index in [4.69, 9.17) is 9.47 Å². The summed E-state index contributed by atoms with van der Waals surface area (Å²) >= 11 is 0. The van der Waals surface area contributed by atoms with Gasteiger partial charge in [0.05, 0.1) is 14.2 Å². The van der Waals surface area contributed by atoms with Crippen molar-refractivity contribution in [3.05, 3.63) is 48.5 Å². The van der Waals surface area contributed by atoms with Gasteiger partial charge in [-0.2, -0.15) is 0 Å². The van der Waals surface area contributed by atoms with Crippen LogP contribution in [0.5, 0.6) is 0 Å². The fourth-order valence-corrected chi connectivity index (χ4v) is 0.792. The van der Waals surface area contributed by atoms with E-state index in [2.05, 4.69) is 6.58 Å². The highest BCUT2D eigenvalue weighted by Crippen LogP contribution is 2.11. The predicted molar refractivity (Wildman–Crippen MR) is 55.2 cm³/mol. The van der Waals surface area contributed by atoms with Gasteiger partial charge in [-0.05, 0) is 19.1 Å². The Morgan fingerprint density at radius 3 is 2.00 bits per heavy atom. The molecule has 0 atom stereocenters. The molecule has 0 aromatic heterocycles. The van der Waals surface area contributed by atoms with Gasteiger partial charge in [0.2, 0.25) is 0 Å². The lowest BCUT2D eigenvalue weighted by Gasteiger charge is -2.07. The second-order valence-electron chi connectivity index (χ2n) is 2.23. The van der Waals surface area contributed by atoms with Gasteiger partial charge in [0.15, 0.2) is 11.5 Å². The zero-order valence-electron chi connectivity index (χ0n) is 8.41. The summed E-state index contributed by atoms with van der Waals surface area (Å²) in [6, 6.07) is 0. The Balaban J connectivity index is 4.71. The van der Waals surface area contributed by atoms with Crippen LogP contribution in [0.4, 0.5) is 0 Å². The molecule has 0 aliphatic rings. The SMILES string of the molecule is C=C\C=C(OC)/C(=C\C=C/C)OC. The standard InChI is InChI=1S/C11H16O2/c1-5-7-9-11(13-4)10(12-3)8-6-2/h5-9H,2H2,1,3-4H3/b7-5-,10-8+,11-9+. The fraction of sp³-hybridized carbons (Fsp3) is 0.273. The third-order valence-electron chi connectivity index (χ3n) is 1.39. The van der Waals surface area contributed by atoms with Crippen molar-refractivity contribution in [1.82, 2.24) is 0 Å². The van der Waals surface area contributed by atoms with E-state index in [1.807, 2.05) is 25.2 Å². The molecule has 13 heavy (non-hydrogen) atoms. The molecule has 0 saturated heterocycles. The van der Waals surface area contributed by atoms with Crippen LogP contribution in [0.1, 0.15) is 6.92 Å². The van der Waals surface area contributed by atoms with Crippen molar-refractivity contribution in [2.75, 3.05) is 14.2 Å². The maximum Gasteiger partial charge on any atom is 0.160 e. The third-order valence-corrected chi connectivity index (χ3v) is 1.39. The monoisotopic (exact) mass is 180 g/mol. The number of ether oxygens (including phenoxy) is 2. The fourth-order valence-electron chi connectivity index (χ4n) is 0.792. The summed E-state index contributed by atoms with van der Waals surface area (Å²) in [5, 5.41) is 0. The first-order valence-corrected chi connectivity index (χ1v) is 4.04. The molecule has 0 aliphatic carbocycles. The summed E-state index contributed by atoms with van der Waals surface area (Å²) in [6.45, 7) is 5.53. The summed E-state index contributed by atoms with van der Waals surface area (Å²) < 4.78 is 10.2. The zero-order valence-corrected chi connectivity index (χ0v) is 8.41. The summed E-state index contributed by atoms with van der Waals surface area (Å²) in [4.78, 5) is 0. The minimum Gasteiger partial charge on any atom is -0.493 e. The molecule has 0 bridgehead atoms. The predicted octanol–water partition coefficient (Wildman–Crippen LogP) is 2.81. The first kappa shape index (κ1) is 11.6. The summed E-state index contributed by atoms with van der Waals surface area (Å²) in [6.07, 6.45) is 9.04. The summed E-state index contributed by atoms with van der Waals surface area (Å²) in [5.74, 6) is 1.34. The molecule has 2 nitrogen and oxygen atoms in total. The van der Waals surface area contributed by atoms with Gasteiger partial charge in [0, 0.05) is 0 Å². The van der Waals surface area contributed by atoms with Crippen LogP contribution in [0, 0.1) is 0 Å². The van der Waals surface area contributed by atoms with Gasteiger partial charge in [-0.15, -0.1) is 0 Å². The van der Waals surface area contributed by atoms with Crippen molar-refractivity contribution in [1.29, 1.82) is 0 Å². The Labute approximate surface area is 79.9 Å². The van der Waals surface area contributed by atoms with Gasteiger partial charge in [-0.3, -0.25) is 0 Å². The number of rotatable bonds is 5. The minimum atomic E-state index is 0.663. The van der Waals surface area contributed by atoms with Crippen LogP contribution in [-0.2, 0) is 9.47 Å². The van der Waals surface area contributed by atoms with Crippen LogP contribution in [0.3, 0.4) is 0 Å². The van der Waals surface area contributed by atoms with E-state index in [-0.39, 0.29) is 0 Å². The van der Waals surface area contributed by atoms with Crippen molar-refractivity contribution < 1.29 is 9.47 Å². The number of hydrogen-bond acceptors (Lipinski definition) is 2. The van der Waals surface area contributed by atoms with E-state index in [1.165, 1.54) is 0 Å². The van der Waals surface area contributed by atoms with E-state index in [9.17, 15) is 0 Å². The molecule has 0 N–H and O–H groups in total. The van der Waals surface area contributed by atoms with Gasteiger partial charge in [0.25, 0.3) is 0 Å². The zero-order chi connectivity index (χ0) is 10.1. The highest BCUT2D eigenvalue weighted by atomic mass is 16.5. The van der Waals surface area contributed by atoms with Crippen molar-refractivity contribution in [3.8, 4) is 0 Å². The van der Waals surface area contributed by atoms with E-state index in [0.29, 0.717) is 11.5 Å². The van der Waals surface area contributed by atoms with E-state index in [0.717, 1.165) is 0 Å². The highest BCUT2D eigenvalue weighted by molar-refractivity contribution is 5.26. The van der Waals surface area contributed by atoms with Gasteiger partial charge < -0.3 is 9.47 Å². The number of allylic oxidation sites excluding steroid dienone is 5. The van der Waals surface area contributed by atoms with Crippen LogP contribution in [0.25, 0.3) is 0 Å². The Morgan fingerprint density at radius 2 is 1.62 bits per heavy atom. The van der Waals surface area contributed by atoms with Crippen LogP contribution in [-0.4, -0.2) is 14.2 Å². The van der Waals surface area contributed by atoms with Gasteiger partial charge in [-0.1, -0.05) is 24.8 Å². The second kappa shape index (κ2) is 7.22. The van der Waals surface area contributed by atoms with Gasteiger partial charge in [0.1, 0.15) is 0 Å². The Morgan fingerprint density at radius 1 is 1.08 bits per heavy atom. The van der Waals surface area contributed by atoms with Crippen LogP contribution < -0.4 is 0 Å². The number of methoxy groups -OCH3 is 2. The van der Waals surface area contributed by atoms with Crippen LogP contribution in [0.15, 0.2) is 48.5 Å². The van der Waals surface area contributed by atoms with E-state index >= 15 is 0 Å². The molecule has 0 unspecified atom stereocenters. The summed E-state index contributed by atoms with van der Waals surface area (Å²) in [7, 11) is 3.20. The van der Waals surface area contributed by atoms with Crippen LogP contribution in [0.2, 0.25) is 0 Å². The quantitative estimate of drug-likeness (QED) is 0.478. The van der Waals surface area contributed by atoms with Gasteiger partial charge >= 0.3 is 0 Å². The molecule has 0 amide bonds. The lowest BCUT2D eigenvalue weighted by molar-refractivity contribution is 0.220. The molecule has 2 heteroatoms. The normalized spacial score (nSPS) is 13.2. The first-order valence-electron chi connectivity index (χ1n) is 4.04. The lowest BCUT2D eigenvalue weighted by atomic mass is 10.3. The first-order chi connectivity index (χ1) is 6.29. The molecule has 0 aromatic rings. The Kier molecular flexibility index (Phi) is 6.42. The molecule has 0 radical (unpaired) electrons. The maximum atomic E-state index is 5.13. The molecule has 0 spiro atoms. The molecule has 0 aliphatic heterocycles. The largest absolute Gasteiger partial charge is 0.493 e. The van der Waals surface area contributed by atoms with Crippen molar-refractivity contribution in [2.45, 2.75) is 6.92 Å².